The van der Waals surface area contributed by atoms with Crippen molar-refractivity contribution in [2.75, 3.05) is 0 Å². The van der Waals surface area contributed by atoms with Crippen LogP contribution in [0.5, 0.6) is 5.75 Å². The molecular formula is C10H10Br2O2. The quantitative estimate of drug-likeness (QED) is 0.859. The number of halogens is 2. The zero-order valence-electron chi connectivity index (χ0n) is 7.63. The van der Waals surface area contributed by atoms with E-state index < -0.39 is 6.10 Å². The molecule has 2 nitrogen and oxygen atoms in total. The standard InChI is InChI=1S/C10H10Br2O2/c1-2-8-9(13)6-3-5(11)4-7(12)10(6)14-8/h3-4,8-9,13H,2H2,1H3. The fourth-order valence-corrected chi connectivity index (χ4v) is 3.00. The molecule has 2 atom stereocenters. The third-order valence-corrected chi connectivity index (χ3v) is 3.43. The molecule has 2 rings (SSSR count). The highest BCUT2D eigenvalue weighted by atomic mass is 79.9. The van der Waals surface area contributed by atoms with E-state index in [0.717, 1.165) is 26.7 Å². The number of hydrogen-bond acceptors (Lipinski definition) is 2. The molecule has 0 amide bonds. The van der Waals surface area contributed by atoms with Crippen molar-refractivity contribution in [3.05, 3.63) is 26.6 Å². The van der Waals surface area contributed by atoms with Crippen molar-refractivity contribution < 1.29 is 9.84 Å². The average molecular weight is 322 g/mol. The summed E-state index contributed by atoms with van der Waals surface area (Å²) in [5.74, 6) is 0.771. The summed E-state index contributed by atoms with van der Waals surface area (Å²) in [7, 11) is 0. The van der Waals surface area contributed by atoms with Gasteiger partial charge < -0.3 is 9.84 Å². The molecule has 1 N–H and O–H groups in total. The second-order valence-electron chi connectivity index (χ2n) is 3.32. The molecule has 14 heavy (non-hydrogen) atoms. The van der Waals surface area contributed by atoms with Crippen LogP contribution in [0.15, 0.2) is 21.1 Å². The van der Waals surface area contributed by atoms with Crippen LogP contribution in [0.4, 0.5) is 0 Å². The molecule has 0 radical (unpaired) electrons. The summed E-state index contributed by atoms with van der Waals surface area (Å²) in [6.07, 6.45) is 0.180. The van der Waals surface area contributed by atoms with Gasteiger partial charge in [-0.05, 0) is 34.5 Å². The topological polar surface area (TPSA) is 29.5 Å². The van der Waals surface area contributed by atoms with Gasteiger partial charge in [-0.1, -0.05) is 22.9 Å². The summed E-state index contributed by atoms with van der Waals surface area (Å²) >= 11 is 6.80. The third-order valence-electron chi connectivity index (χ3n) is 2.38. The van der Waals surface area contributed by atoms with E-state index in [9.17, 15) is 5.11 Å². The molecule has 4 heteroatoms. The molecule has 0 bridgehead atoms. The molecule has 1 aliphatic heterocycles. The Morgan fingerprint density at radius 1 is 1.43 bits per heavy atom. The third kappa shape index (κ3) is 1.59. The molecule has 0 fully saturated rings. The number of rotatable bonds is 1. The van der Waals surface area contributed by atoms with E-state index in [1.54, 1.807) is 0 Å². The lowest BCUT2D eigenvalue weighted by molar-refractivity contribution is 0.0651. The van der Waals surface area contributed by atoms with Crippen LogP contribution >= 0.6 is 31.9 Å². The van der Waals surface area contributed by atoms with Gasteiger partial charge >= 0.3 is 0 Å². The first-order valence-electron chi connectivity index (χ1n) is 4.47. The Labute approximate surface area is 99.5 Å². The Morgan fingerprint density at radius 3 is 2.79 bits per heavy atom. The van der Waals surface area contributed by atoms with E-state index in [2.05, 4.69) is 31.9 Å². The van der Waals surface area contributed by atoms with Gasteiger partial charge in [-0.3, -0.25) is 0 Å². The number of fused-ring (bicyclic) bond motifs is 1. The molecule has 0 saturated heterocycles. The van der Waals surface area contributed by atoms with Crippen LogP contribution in [0, 0.1) is 0 Å². The summed E-state index contributed by atoms with van der Waals surface area (Å²) in [6, 6.07) is 3.82. The summed E-state index contributed by atoms with van der Waals surface area (Å²) in [5.41, 5.74) is 0.859. The number of benzene rings is 1. The first-order valence-corrected chi connectivity index (χ1v) is 6.05. The zero-order chi connectivity index (χ0) is 10.3. The Hall–Kier alpha value is -0.0600. The molecule has 1 aliphatic rings. The van der Waals surface area contributed by atoms with Crippen molar-refractivity contribution in [3.63, 3.8) is 0 Å². The van der Waals surface area contributed by atoms with Gasteiger partial charge in [-0.2, -0.15) is 0 Å². The van der Waals surface area contributed by atoms with Crippen LogP contribution in [-0.2, 0) is 0 Å². The first kappa shape index (κ1) is 10.5. The van der Waals surface area contributed by atoms with Crippen LogP contribution in [0.2, 0.25) is 0 Å². The van der Waals surface area contributed by atoms with Gasteiger partial charge in [-0.15, -0.1) is 0 Å². The van der Waals surface area contributed by atoms with E-state index in [0.29, 0.717) is 0 Å². The van der Waals surface area contributed by atoms with Gasteiger partial charge in [0.1, 0.15) is 18.0 Å². The molecule has 76 valence electrons. The first-order chi connectivity index (χ1) is 6.63. The van der Waals surface area contributed by atoms with E-state index in [1.807, 2.05) is 19.1 Å². The molecule has 0 spiro atoms. The molecule has 1 heterocycles. The van der Waals surface area contributed by atoms with Crippen LogP contribution in [0.3, 0.4) is 0 Å². The number of aliphatic hydroxyl groups excluding tert-OH is 1. The van der Waals surface area contributed by atoms with Crippen molar-refractivity contribution in [3.8, 4) is 5.75 Å². The maximum Gasteiger partial charge on any atom is 0.140 e. The van der Waals surface area contributed by atoms with Crippen LogP contribution in [0.25, 0.3) is 0 Å². The van der Waals surface area contributed by atoms with Crippen LogP contribution in [0.1, 0.15) is 25.0 Å². The summed E-state index contributed by atoms with van der Waals surface area (Å²) in [5, 5.41) is 9.92. The van der Waals surface area contributed by atoms with E-state index in [4.69, 9.17) is 4.74 Å². The van der Waals surface area contributed by atoms with Crippen molar-refractivity contribution in [2.24, 2.45) is 0 Å². The van der Waals surface area contributed by atoms with Crippen molar-refractivity contribution in [2.45, 2.75) is 25.6 Å². The average Bonchev–Trinajstić information content (AvgIpc) is 2.44. The molecule has 0 aromatic heterocycles. The largest absolute Gasteiger partial charge is 0.486 e. The minimum Gasteiger partial charge on any atom is -0.486 e. The van der Waals surface area contributed by atoms with Gasteiger partial charge in [0.05, 0.1) is 4.47 Å². The molecule has 1 aromatic rings. The normalized spacial score (nSPS) is 24.6. The van der Waals surface area contributed by atoms with Crippen LogP contribution < -0.4 is 4.74 Å². The van der Waals surface area contributed by atoms with Crippen molar-refractivity contribution >= 4 is 31.9 Å². The second kappa shape index (κ2) is 3.83. The van der Waals surface area contributed by atoms with E-state index >= 15 is 0 Å². The van der Waals surface area contributed by atoms with Crippen molar-refractivity contribution in [1.82, 2.24) is 0 Å². The highest BCUT2D eigenvalue weighted by Crippen LogP contribution is 2.44. The molecule has 1 aromatic carbocycles. The number of aliphatic hydroxyl groups is 1. The second-order valence-corrected chi connectivity index (χ2v) is 5.09. The fraction of sp³-hybridized carbons (Fsp3) is 0.400. The minimum atomic E-state index is -0.510. The maximum absolute atomic E-state index is 9.92. The van der Waals surface area contributed by atoms with Gasteiger partial charge in [-0.25, -0.2) is 0 Å². The van der Waals surface area contributed by atoms with Crippen LogP contribution in [-0.4, -0.2) is 11.2 Å². The van der Waals surface area contributed by atoms with Gasteiger partial charge in [0.2, 0.25) is 0 Å². The SMILES string of the molecule is CCC1Oc2c(Br)cc(Br)cc2C1O. The summed E-state index contributed by atoms with van der Waals surface area (Å²) in [6.45, 7) is 2.00. The lowest BCUT2D eigenvalue weighted by Gasteiger charge is -2.10. The zero-order valence-corrected chi connectivity index (χ0v) is 10.8. The Bertz CT molecular complexity index is 365. The predicted molar refractivity (Wildman–Crippen MR) is 61.5 cm³/mol. The lowest BCUT2D eigenvalue weighted by atomic mass is 10.1. The van der Waals surface area contributed by atoms with E-state index in [1.165, 1.54) is 0 Å². The number of hydrogen-bond donors (Lipinski definition) is 1. The van der Waals surface area contributed by atoms with Gasteiger partial charge in [0, 0.05) is 10.0 Å². The Morgan fingerprint density at radius 2 is 2.14 bits per heavy atom. The lowest BCUT2D eigenvalue weighted by Crippen LogP contribution is -2.16. The molecule has 2 unspecified atom stereocenters. The highest BCUT2D eigenvalue weighted by Gasteiger charge is 2.33. The Balaban J connectivity index is 2.48. The highest BCUT2D eigenvalue weighted by molar-refractivity contribution is 9.11. The molecule has 0 aliphatic carbocycles. The van der Waals surface area contributed by atoms with Gasteiger partial charge in [0.25, 0.3) is 0 Å². The molecule has 0 saturated carbocycles. The predicted octanol–water partition coefficient (Wildman–Crippen LogP) is 3.42. The van der Waals surface area contributed by atoms with Crippen molar-refractivity contribution in [1.29, 1.82) is 0 Å². The summed E-state index contributed by atoms with van der Waals surface area (Å²) in [4.78, 5) is 0. The van der Waals surface area contributed by atoms with Gasteiger partial charge in [0.15, 0.2) is 0 Å². The number of ether oxygens (including phenoxy) is 1. The smallest absolute Gasteiger partial charge is 0.140 e. The van der Waals surface area contributed by atoms with E-state index in [-0.39, 0.29) is 6.10 Å². The minimum absolute atomic E-state index is 0.115. The monoisotopic (exact) mass is 320 g/mol. The summed E-state index contributed by atoms with van der Waals surface area (Å²) < 4.78 is 7.47. The fourth-order valence-electron chi connectivity index (χ4n) is 1.65. The Kier molecular flexibility index (Phi) is 2.86. The molecular weight excluding hydrogens is 312 g/mol. The maximum atomic E-state index is 9.92.